The zero-order valence-electron chi connectivity index (χ0n) is 33.1. The van der Waals surface area contributed by atoms with Crippen LogP contribution >= 0.6 is 0 Å². The van der Waals surface area contributed by atoms with Crippen molar-refractivity contribution in [1.29, 1.82) is 0 Å². The highest BCUT2D eigenvalue weighted by Gasteiger charge is 2.57. The van der Waals surface area contributed by atoms with Crippen molar-refractivity contribution in [3.8, 4) is 0 Å². The van der Waals surface area contributed by atoms with Crippen LogP contribution in [0, 0.1) is 0 Å². The standard InChI is InChI=1S/C46H46N6O8/c1-30-38(19-20-39(53)48-30)52-27-36-35(44(52)56)17-10-18-37(36)49-41(55)29-59-24-23-58-22-21-47-40(54)28-51-26-33-15-8-9-16-34(33)42-46(45(51)57,25-31-11-4-2-5-12-31)50-43(60-42)32-13-6-3-7-14-32/h2-18,38,42H,1,19-29H2,(H,47,54)(H,48,53)(H,49,55)/t38?,42-,46-/m0/s1. The summed E-state index contributed by atoms with van der Waals surface area (Å²) in [5.41, 5.74) is 4.30. The van der Waals surface area contributed by atoms with Crippen LogP contribution in [0.15, 0.2) is 120 Å². The monoisotopic (exact) mass is 810 g/mol. The molecule has 3 atom stereocenters. The van der Waals surface area contributed by atoms with Crippen LogP contribution in [-0.4, -0.2) is 96.3 Å². The Kier molecular flexibility index (Phi) is 11.8. The second-order valence-corrected chi connectivity index (χ2v) is 15.2. The quantitative estimate of drug-likeness (QED) is 0.151. The second-order valence-electron chi connectivity index (χ2n) is 15.2. The summed E-state index contributed by atoms with van der Waals surface area (Å²) in [7, 11) is 0. The van der Waals surface area contributed by atoms with Crippen LogP contribution in [0.1, 0.15) is 57.1 Å². The lowest BCUT2D eigenvalue weighted by atomic mass is 9.81. The van der Waals surface area contributed by atoms with E-state index in [4.69, 9.17) is 19.2 Å². The molecule has 8 rings (SSSR count). The number of benzene rings is 4. The molecule has 4 aliphatic heterocycles. The fraction of sp³-hybridized carbons (Fsp3) is 0.304. The van der Waals surface area contributed by atoms with Crippen LogP contribution in [0.3, 0.4) is 0 Å². The Morgan fingerprint density at radius 2 is 1.62 bits per heavy atom. The molecule has 1 saturated heterocycles. The largest absolute Gasteiger partial charge is 0.466 e. The molecule has 0 spiro atoms. The average molecular weight is 811 g/mol. The van der Waals surface area contributed by atoms with Gasteiger partial charge in [-0.3, -0.25) is 24.0 Å². The third-order valence-corrected chi connectivity index (χ3v) is 11.2. The average Bonchev–Trinajstić information content (AvgIpc) is 3.78. The lowest BCUT2D eigenvalue weighted by Crippen LogP contribution is -2.52. The van der Waals surface area contributed by atoms with Crippen molar-refractivity contribution < 1.29 is 38.2 Å². The molecule has 4 aromatic rings. The van der Waals surface area contributed by atoms with Crippen molar-refractivity contribution in [2.24, 2.45) is 4.99 Å². The van der Waals surface area contributed by atoms with Crippen LogP contribution in [0.5, 0.6) is 0 Å². The van der Waals surface area contributed by atoms with Crippen molar-refractivity contribution in [1.82, 2.24) is 20.4 Å². The van der Waals surface area contributed by atoms with Crippen LogP contribution in [0.2, 0.25) is 0 Å². The van der Waals surface area contributed by atoms with Gasteiger partial charge in [-0.25, -0.2) is 4.99 Å². The van der Waals surface area contributed by atoms with E-state index in [1.54, 1.807) is 28.0 Å². The van der Waals surface area contributed by atoms with Gasteiger partial charge in [0.2, 0.25) is 23.6 Å². The zero-order chi connectivity index (χ0) is 41.6. The molecule has 5 amide bonds. The van der Waals surface area contributed by atoms with Crippen molar-refractivity contribution in [3.63, 3.8) is 0 Å². The van der Waals surface area contributed by atoms with Gasteiger partial charge in [-0.1, -0.05) is 85.4 Å². The predicted molar refractivity (Wildman–Crippen MR) is 221 cm³/mol. The van der Waals surface area contributed by atoms with Crippen molar-refractivity contribution in [2.75, 3.05) is 44.8 Å². The number of hydrogen-bond donors (Lipinski definition) is 3. The minimum atomic E-state index is -1.34. The van der Waals surface area contributed by atoms with Gasteiger partial charge in [-0.2, -0.15) is 0 Å². The van der Waals surface area contributed by atoms with E-state index in [9.17, 15) is 24.0 Å². The highest BCUT2D eigenvalue weighted by Crippen LogP contribution is 2.46. The topological polar surface area (TPSA) is 168 Å². The van der Waals surface area contributed by atoms with Crippen LogP contribution < -0.4 is 16.0 Å². The lowest BCUT2D eigenvalue weighted by molar-refractivity contribution is -0.143. The number of hydrogen-bond acceptors (Lipinski definition) is 9. The lowest BCUT2D eigenvalue weighted by Gasteiger charge is -2.32. The first-order valence-corrected chi connectivity index (χ1v) is 20.1. The van der Waals surface area contributed by atoms with Gasteiger partial charge in [0.1, 0.15) is 6.61 Å². The first-order chi connectivity index (χ1) is 29.2. The summed E-state index contributed by atoms with van der Waals surface area (Å²) in [4.78, 5) is 74.2. The van der Waals surface area contributed by atoms with Gasteiger partial charge in [-0.15, -0.1) is 0 Å². The Balaban J connectivity index is 0.816. The zero-order valence-corrected chi connectivity index (χ0v) is 33.1. The van der Waals surface area contributed by atoms with E-state index in [2.05, 4.69) is 22.5 Å². The number of carbonyl (C=O) groups is 5. The molecular formula is C46H46N6O8. The maximum absolute atomic E-state index is 14.8. The Bertz CT molecular complexity index is 2340. The molecule has 4 heterocycles. The van der Waals surface area contributed by atoms with Gasteiger partial charge in [0.15, 0.2) is 11.6 Å². The number of anilines is 1. The maximum Gasteiger partial charge on any atom is 0.256 e. The first kappa shape index (κ1) is 40.2. The van der Waals surface area contributed by atoms with E-state index >= 15 is 0 Å². The third-order valence-electron chi connectivity index (χ3n) is 11.2. The van der Waals surface area contributed by atoms with E-state index in [1.165, 1.54) is 0 Å². The minimum absolute atomic E-state index is 0.115. The summed E-state index contributed by atoms with van der Waals surface area (Å²) < 4.78 is 17.8. The summed E-state index contributed by atoms with van der Waals surface area (Å²) in [6.45, 7) is 4.73. The van der Waals surface area contributed by atoms with Crippen LogP contribution in [-0.2, 0) is 52.9 Å². The summed E-state index contributed by atoms with van der Waals surface area (Å²) in [5.74, 6) is -0.923. The molecule has 1 fully saturated rings. The normalized spacial score (nSPS) is 20.6. The Hall–Kier alpha value is -6.64. The molecule has 3 N–H and O–H groups in total. The molecule has 308 valence electrons. The molecule has 0 saturated carbocycles. The molecule has 0 bridgehead atoms. The number of rotatable bonds is 15. The van der Waals surface area contributed by atoms with Crippen molar-refractivity contribution in [3.05, 3.63) is 149 Å². The number of ether oxygens (including phenoxy) is 3. The van der Waals surface area contributed by atoms with Crippen molar-refractivity contribution in [2.45, 2.75) is 50.0 Å². The van der Waals surface area contributed by atoms with E-state index in [0.717, 1.165) is 22.3 Å². The number of aliphatic imine (C=N–C) groups is 1. The first-order valence-electron chi connectivity index (χ1n) is 20.1. The van der Waals surface area contributed by atoms with Gasteiger partial charge in [0, 0.05) is 66.1 Å². The molecule has 14 nitrogen and oxygen atoms in total. The number of carbonyl (C=O) groups excluding carboxylic acids is 5. The Morgan fingerprint density at radius 3 is 2.42 bits per heavy atom. The van der Waals surface area contributed by atoms with Crippen LogP contribution in [0.25, 0.3) is 0 Å². The van der Waals surface area contributed by atoms with E-state index in [1.807, 2.05) is 84.9 Å². The predicted octanol–water partition coefficient (Wildman–Crippen LogP) is 4.06. The number of nitrogens with one attached hydrogen (secondary N) is 3. The van der Waals surface area contributed by atoms with Crippen LogP contribution in [0.4, 0.5) is 5.69 Å². The summed E-state index contributed by atoms with van der Waals surface area (Å²) in [6.07, 6.45) is 0.385. The van der Waals surface area contributed by atoms with Gasteiger partial charge >= 0.3 is 0 Å². The molecule has 0 radical (unpaired) electrons. The summed E-state index contributed by atoms with van der Waals surface area (Å²) >= 11 is 0. The number of amides is 5. The highest BCUT2D eigenvalue weighted by atomic mass is 16.5. The fourth-order valence-electron chi connectivity index (χ4n) is 8.29. The summed E-state index contributed by atoms with van der Waals surface area (Å²) in [6, 6.07) is 31.9. The molecule has 1 unspecified atom stereocenters. The number of fused-ring (bicyclic) bond motifs is 4. The Morgan fingerprint density at radius 1 is 0.867 bits per heavy atom. The van der Waals surface area contributed by atoms with Crippen molar-refractivity contribution >= 4 is 41.1 Å². The molecule has 4 aliphatic rings. The minimum Gasteiger partial charge on any atom is -0.466 e. The maximum atomic E-state index is 14.8. The molecular weight excluding hydrogens is 765 g/mol. The molecule has 60 heavy (non-hydrogen) atoms. The smallest absolute Gasteiger partial charge is 0.256 e. The second kappa shape index (κ2) is 17.7. The fourth-order valence-corrected chi connectivity index (χ4v) is 8.29. The number of nitrogens with zero attached hydrogens (tertiary/aromatic N) is 3. The Labute approximate surface area is 347 Å². The third kappa shape index (κ3) is 8.42. The van der Waals surface area contributed by atoms with E-state index in [0.29, 0.717) is 41.3 Å². The number of piperidine rings is 1. The van der Waals surface area contributed by atoms with Gasteiger partial charge < -0.3 is 40.0 Å². The van der Waals surface area contributed by atoms with E-state index in [-0.39, 0.29) is 94.6 Å². The van der Waals surface area contributed by atoms with E-state index < -0.39 is 11.6 Å². The molecule has 0 aromatic heterocycles. The SMILES string of the molecule is C=C1NC(=O)CCC1N1Cc2c(NC(=O)COCCOCCNC(=O)CN3Cc4ccccc4[C@@H]4OC(c5ccccc5)=N[C@]4(Cc4ccccc4)C3=O)cccc2C1=O. The molecule has 14 heteroatoms. The van der Waals surface area contributed by atoms with Gasteiger partial charge in [-0.05, 0) is 41.8 Å². The summed E-state index contributed by atoms with van der Waals surface area (Å²) in [5, 5.41) is 8.43. The molecule has 4 aromatic carbocycles. The highest BCUT2D eigenvalue weighted by molar-refractivity contribution is 6.03. The van der Waals surface area contributed by atoms with Gasteiger partial charge in [0.05, 0.1) is 32.4 Å². The molecule has 0 aliphatic carbocycles. The van der Waals surface area contributed by atoms with Gasteiger partial charge in [0.25, 0.3) is 11.8 Å².